The van der Waals surface area contributed by atoms with E-state index in [2.05, 4.69) is 13.8 Å². The van der Waals surface area contributed by atoms with Crippen LogP contribution >= 0.6 is 0 Å². The second kappa shape index (κ2) is 9.27. The Balaban J connectivity index is 1.70. The molecule has 5 nitrogen and oxygen atoms in total. The number of hydrogen-bond donors (Lipinski definition) is 0. The van der Waals surface area contributed by atoms with Gasteiger partial charge in [-0.15, -0.1) is 0 Å². The molecule has 29 heavy (non-hydrogen) atoms. The number of anilines is 1. The van der Waals surface area contributed by atoms with Gasteiger partial charge in [0.15, 0.2) is 0 Å². The van der Waals surface area contributed by atoms with Gasteiger partial charge in [0.1, 0.15) is 0 Å². The van der Waals surface area contributed by atoms with Gasteiger partial charge in [-0.2, -0.15) is 0 Å². The van der Waals surface area contributed by atoms with E-state index in [9.17, 15) is 13.2 Å². The van der Waals surface area contributed by atoms with Crippen molar-refractivity contribution in [1.29, 1.82) is 0 Å². The largest absolute Gasteiger partial charge is 0.332 e. The summed E-state index contributed by atoms with van der Waals surface area (Å²) in [5.74, 6) is 0.171. The topological polar surface area (TPSA) is 57.7 Å². The molecule has 6 heteroatoms. The molecule has 1 aliphatic heterocycles. The lowest BCUT2D eigenvalue weighted by atomic mass is 10.1. The van der Waals surface area contributed by atoms with Gasteiger partial charge in [-0.1, -0.05) is 49.4 Å². The summed E-state index contributed by atoms with van der Waals surface area (Å²) in [4.78, 5) is 14.7. The summed E-state index contributed by atoms with van der Waals surface area (Å²) in [5, 5.41) is 0. The number of hydrogen-bond acceptors (Lipinski definition) is 3. The highest BCUT2D eigenvalue weighted by Gasteiger charge is 2.28. The van der Waals surface area contributed by atoms with Crippen LogP contribution in [0.15, 0.2) is 60.7 Å². The van der Waals surface area contributed by atoms with Gasteiger partial charge in [0, 0.05) is 25.2 Å². The van der Waals surface area contributed by atoms with Gasteiger partial charge in [-0.3, -0.25) is 9.10 Å². The second-order valence-electron chi connectivity index (χ2n) is 7.38. The molecule has 1 amide bonds. The van der Waals surface area contributed by atoms with E-state index in [1.807, 2.05) is 47.4 Å². The maximum Gasteiger partial charge on any atom is 0.247 e. The van der Waals surface area contributed by atoms with Crippen molar-refractivity contribution in [2.45, 2.75) is 39.3 Å². The first kappa shape index (κ1) is 21.1. The van der Waals surface area contributed by atoms with Crippen molar-refractivity contribution in [3.8, 4) is 0 Å². The molecule has 154 valence electrons. The van der Waals surface area contributed by atoms with E-state index >= 15 is 0 Å². The second-order valence-corrected chi connectivity index (χ2v) is 9.39. The Morgan fingerprint density at radius 1 is 1.14 bits per heavy atom. The Morgan fingerprint density at radius 3 is 2.41 bits per heavy atom. The van der Waals surface area contributed by atoms with Crippen molar-refractivity contribution in [3.63, 3.8) is 0 Å². The lowest BCUT2D eigenvalue weighted by Gasteiger charge is -2.27. The van der Waals surface area contributed by atoms with Crippen LogP contribution in [0.1, 0.15) is 37.8 Å². The molecule has 0 bridgehead atoms. The third kappa shape index (κ3) is 5.26. The highest BCUT2D eigenvalue weighted by molar-refractivity contribution is 7.93. The summed E-state index contributed by atoms with van der Waals surface area (Å²) in [6, 6.07) is 17.4. The Bertz CT molecular complexity index is 953. The van der Waals surface area contributed by atoms with Gasteiger partial charge < -0.3 is 4.90 Å². The van der Waals surface area contributed by atoms with Crippen molar-refractivity contribution < 1.29 is 13.2 Å². The van der Waals surface area contributed by atoms with Gasteiger partial charge in [-0.25, -0.2) is 8.42 Å². The maximum atomic E-state index is 12.8. The summed E-state index contributed by atoms with van der Waals surface area (Å²) in [6.45, 7) is 5.23. The minimum absolute atomic E-state index is 0.0330. The molecule has 1 atom stereocenters. The first-order valence-electron chi connectivity index (χ1n) is 10.0. The average molecular weight is 413 g/mol. The molecular weight excluding hydrogens is 384 g/mol. The summed E-state index contributed by atoms with van der Waals surface area (Å²) in [6.07, 6.45) is 4.92. The van der Waals surface area contributed by atoms with E-state index in [0.717, 1.165) is 17.5 Å². The number of carbonyl (C=O) groups is 1. The van der Waals surface area contributed by atoms with Crippen LogP contribution < -0.4 is 4.31 Å². The molecule has 0 aromatic heterocycles. The first-order valence-corrected chi connectivity index (χ1v) is 11.6. The summed E-state index contributed by atoms with van der Waals surface area (Å²) in [7, 11) is -3.18. The standard InChI is InChI=1S/C23H28N2O3S/c1-3-19(2)24(18-21-8-5-4-6-9-21)23(26)15-12-20-10-13-22(14-11-20)25-16-7-17-29(25,27)28/h4-6,8-15,19H,3,7,16-18H2,1-2H3/b15-12+. The third-order valence-corrected chi connectivity index (χ3v) is 7.17. The molecule has 1 unspecified atom stereocenters. The highest BCUT2D eigenvalue weighted by Crippen LogP contribution is 2.24. The zero-order valence-corrected chi connectivity index (χ0v) is 17.8. The smallest absolute Gasteiger partial charge is 0.247 e. The van der Waals surface area contributed by atoms with Crippen LogP contribution in [-0.4, -0.2) is 37.6 Å². The minimum Gasteiger partial charge on any atom is -0.332 e. The monoisotopic (exact) mass is 412 g/mol. The molecule has 3 rings (SSSR count). The van der Waals surface area contributed by atoms with Crippen molar-refractivity contribution in [3.05, 3.63) is 71.8 Å². The molecular formula is C23H28N2O3S. The first-order chi connectivity index (χ1) is 13.9. The predicted octanol–water partition coefficient (Wildman–Crippen LogP) is 4.07. The van der Waals surface area contributed by atoms with Crippen molar-refractivity contribution in [1.82, 2.24) is 4.90 Å². The van der Waals surface area contributed by atoms with Crippen LogP contribution in [0.25, 0.3) is 6.08 Å². The van der Waals surface area contributed by atoms with E-state index in [0.29, 0.717) is 25.2 Å². The molecule has 1 fully saturated rings. The number of sulfonamides is 1. The van der Waals surface area contributed by atoms with Gasteiger partial charge in [0.2, 0.25) is 15.9 Å². The van der Waals surface area contributed by atoms with E-state index < -0.39 is 10.0 Å². The van der Waals surface area contributed by atoms with Gasteiger partial charge >= 0.3 is 0 Å². The zero-order valence-electron chi connectivity index (χ0n) is 17.0. The fraction of sp³-hybridized carbons (Fsp3) is 0.348. The Kier molecular flexibility index (Phi) is 6.75. The molecule has 2 aromatic carbocycles. The molecule has 1 aliphatic rings. The van der Waals surface area contributed by atoms with Crippen LogP contribution in [0.4, 0.5) is 5.69 Å². The quantitative estimate of drug-likeness (QED) is 0.644. The number of benzene rings is 2. The van der Waals surface area contributed by atoms with Gasteiger partial charge in [0.05, 0.1) is 11.4 Å². The normalized spacial score (nSPS) is 16.8. The van der Waals surface area contributed by atoms with E-state index in [4.69, 9.17) is 0 Å². The minimum atomic E-state index is -3.18. The van der Waals surface area contributed by atoms with Crippen LogP contribution in [0.5, 0.6) is 0 Å². The Morgan fingerprint density at radius 2 is 1.83 bits per heavy atom. The SMILES string of the molecule is CCC(C)N(Cc1ccccc1)C(=O)/C=C/c1ccc(N2CCCS2(=O)=O)cc1. The lowest BCUT2D eigenvalue weighted by Crippen LogP contribution is -2.36. The zero-order chi connectivity index (χ0) is 20.9. The van der Waals surface area contributed by atoms with Gasteiger partial charge in [-0.05, 0) is 49.1 Å². The van der Waals surface area contributed by atoms with Crippen molar-refractivity contribution in [2.24, 2.45) is 0 Å². The van der Waals surface area contributed by atoms with Crippen LogP contribution in [0.3, 0.4) is 0 Å². The highest BCUT2D eigenvalue weighted by atomic mass is 32.2. The van der Waals surface area contributed by atoms with E-state index in [1.54, 1.807) is 24.3 Å². The Labute approximate surface area is 173 Å². The number of nitrogens with zero attached hydrogens (tertiary/aromatic N) is 2. The van der Waals surface area contributed by atoms with Crippen LogP contribution in [-0.2, 0) is 21.4 Å². The van der Waals surface area contributed by atoms with Gasteiger partial charge in [0.25, 0.3) is 0 Å². The average Bonchev–Trinajstić information content (AvgIpc) is 3.09. The van der Waals surface area contributed by atoms with Crippen LogP contribution in [0.2, 0.25) is 0 Å². The Hall–Kier alpha value is -2.60. The van der Waals surface area contributed by atoms with Crippen molar-refractivity contribution in [2.75, 3.05) is 16.6 Å². The molecule has 2 aromatic rings. The molecule has 0 radical (unpaired) electrons. The number of carbonyl (C=O) groups excluding carboxylic acids is 1. The molecule has 0 N–H and O–H groups in total. The maximum absolute atomic E-state index is 12.8. The summed E-state index contributed by atoms with van der Waals surface area (Å²) >= 11 is 0. The third-order valence-electron chi connectivity index (χ3n) is 5.30. The molecule has 1 saturated heterocycles. The molecule has 1 heterocycles. The number of amides is 1. The summed E-state index contributed by atoms with van der Waals surface area (Å²) in [5.41, 5.74) is 2.64. The lowest BCUT2D eigenvalue weighted by molar-refractivity contribution is -0.128. The predicted molar refractivity (Wildman–Crippen MR) is 118 cm³/mol. The molecule has 0 spiro atoms. The molecule has 0 saturated carbocycles. The summed E-state index contributed by atoms with van der Waals surface area (Å²) < 4.78 is 25.5. The molecule has 0 aliphatic carbocycles. The fourth-order valence-corrected chi connectivity index (χ4v) is 4.96. The number of rotatable bonds is 7. The van der Waals surface area contributed by atoms with E-state index in [1.165, 1.54) is 4.31 Å². The fourth-order valence-electron chi connectivity index (χ4n) is 3.40. The van der Waals surface area contributed by atoms with E-state index in [-0.39, 0.29) is 17.7 Å². The van der Waals surface area contributed by atoms with Crippen molar-refractivity contribution >= 4 is 27.7 Å². The van der Waals surface area contributed by atoms with Crippen LogP contribution in [0, 0.1) is 0 Å².